The Morgan fingerprint density at radius 1 is 1.14 bits per heavy atom. The summed E-state index contributed by atoms with van der Waals surface area (Å²) < 4.78 is 5.18. The smallest absolute Gasteiger partial charge is 0.222 e. The zero-order valence-corrected chi connectivity index (χ0v) is 12.7. The van der Waals surface area contributed by atoms with Crippen LogP contribution in [-0.2, 0) is 12.8 Å². The maximum Gasteiger partial charge on any atom is 0.222 e. The Morgan fingerprint density at radius 3 is 2.57 bits per heavy atom. The Morgan fingerprint density at radius 2 is 1.86 bits per heavy atom. The van der Waals surface area contributed by atoms with Gasteiger partial charge in [-0.25, -0.2) is 9.97 Å². The van der Waals surface area contributed by atoms with Gasteiger partial charge in [-0.05, 0) is 60.5 Å². The molecule has 0 fully saturated rings. The minimum absolute atomic E-state index is 0.287. The van der Waals surface area contributed by atoms with Gasteiger partial charge in [-0.2, -0.15) is 0 Å². The van der Waals surface area contributed by atoms with E-state index in [2.05, 4.69) is 9.97 Å². The van der Waals surface area contributed by atoms with Crippen molar-refractivity contribution in [1.29, 1.82) is 0 Å². The number of methoxy groups -OCH3 is 1. The standard InChI is InChI=1S/C16H18ClN3O/c1-21-11-8-6-10(7-9-11)14(18)15-12-4-2-3-5-13(12)19-16(17)20-15/h6-9,14H,2-5,18H2,1H3. The van der Waals surface area contributed by atoms with E-state index >= 15 is 0 Å². The summed E-state index contributed by atoms with van der Waals surface area (Å²) >= 11 is 6.06. The van der Waals surface area contributed by atoms with Crippen LogP contribution in [0.2, 0.25) is 5.28 Å². The highest BCUT2D eigenvalue weighted by molar-refractivity contribution is 6.28. The van der Waals surface area contributed by atoms with Crippen molar-refractivity contribution in [3.63, 3.8) is 0 Å². The molecule has 0 radical (unpaired) electrons. The molecule has 1 heterocycles. The monoisotopic (exact) mass is 303 g/mol. The van der Waals surface area contributed by atoms with E-state index in [0.717, 1.165) is 48.4 Å². The summed E-state index contributed by atoms with van der Waals surface area (Å²) in [5.41, 5.74) is 10.5. The fraction of sp³-hybridized carbons (Fsp3) is 0.375. The lowest BCUT2D eigenvalue weighted by Gasteiger charge is -2.21. The average molecular weight is 304 g/mol. The highest BCUT2D eigenvalue weighted by Crippen LogP contribution is 2.29. The minimum atomic E-state index is -0.289. The lowest BCUT2D eigenvalue weighted by atomic mass is 9.91. The molecule has 2 N–H and O–H groups in total. The number of hydrogen-bond acceptors (Lipinski definition) is 4. The van der Waals surface area contributed by atoms with Crippen molar-refractivity contribution in [3.05, 3.63) is 52.1 Å². The van der Waals surface area contributed by atoms with Gasteiger partial charge in [0.1, 0.15) is 5.75 Å². The number of hydrogen-bond donors (Lipinski definition) is 1. The van der Waals surface area contributed by atoms with Gasteiger partial charge in [-0.15, -0.1) is 0 Å². The number of nitrogens with two attached hydrogens (primary N) is 1. The van der Waals surface area contributed by atoms with Gasteiger partial charge in [-0.1, -0.05) is 12.1 Å². The maximum atomic E-state index is 6.41. The zero-order valence-electron chi connectivity index (χ0n) is 12.0. The van der Waals surface area contributed by atoms with Crippen LogP contribution in [0.5, 0.6) is 5.75 Å². The van der Waals surface area contributed by atoms with E-state index in [4.69, 9.17) is 22.1 Å². The quantitative estimate of drug-likeness (QED) is 0.885. The topological polar surface area (TPSA) is 61.0 Å². The molecule has 1 atom stereocenters. The van der Waals surface area contributed by atoms with E-state index in [-0.39, 0.29) is 11.3 Å². The first kappa shape index (κ1) is 14.3. The third-order valence-corrected chi connectivity index (χ3v) is 4.13. The van der Waals surface area contributed by atoms with Crippen molar-refractivity contribution in [1.82, 2.24) is 9.97 Å². The summed E-state index contributed by atoms with van der Waals surface area (Å²) in [5, 5.41) is 0.287. The van der Waals surface area contributed by atoms with Crippen LogP contribution in [0.3, 0.4) is 0 Å². The van der Waals surface area contributed by atoms with Crippen molar-refractivity contribution in [2.75, 3.05) is 7.11 Å². The molecule has 0 spiro atoms. The molecule has 1 aliphatic carbocycles. The molecule has 4 nitrogen and oxygen atoms in total. The molecule has 3 rings (SSSR count). The minimum Gasteiger partial charge on any atom is -0.497 e. The number of nitrogens with zero attached hydrogens (tertiary/aromatic N) is 2. The maximum absolute atomic E-state index is 6.41. The fourth-order valence-electron chi connectivity index (χ4n) is 2.82. The molecular weight excluding hydrogens is 286 g/mol. The van der Waals surface area contributed by atoms with Gasteiger partial charge in [0.05, 0.1) is 18.8 Å². The van der Waals surface area contributed by atoms with E-state index in [1.807, 2.05) is 24.3 Å². The third kappa shape index (κ3) is 2.87. The Hall–Kier alpha value is -1.65. The van der Waals surface area contributed by atoms with Gasteiger partial charge in [-0.3, -0.25) is 0 Å². The van der Waals surface area contributed by atoms with Crippen molar-refractivity contribution in [2.24, 2.45) is 5.73 Å². The van der Waals surface area contributed by atoms with Gasteiger partial charge in [0.25, 0.3) is 0 Å². The molecule has 21 heavy (non-hydrogen) atoms. The summed E-state index contributed by atoms with van der Waals surface area (Å²) in [6.07, 6.45) is 4.24. The van der Waals surface area contributed by atoms with Gasteiger partial charge in [0.15, 0.2) is 0 Å². The van der Waals surface area contributed by atoms with E-state index in [1.54, 1.807) is 7.11 Å². The molecule has 0 saturated heterocycles. The van der Waals surface area contributed by atoms with E-state index in [9.17, 15) is 0 Å². The number of aromatic nitrogens is 2. The number of aryl methyl sites for hydroxylation is 1. The Bertz CT molecular complexity index is 643. The molecule has 0 amide bonds. The van der Waals surface area contributed by atoms with Crippen LogP contribution in [0.1, 0.15) is 41.4 Å². The van der Waals surface area contributed by atoms with Crippen LogP contribution in [0.4, 0.5) is 0 Å². The second-order valence-corrected chi connectivity index (χ2v) is 5.60. The largest absolute Gasteiger partial charge is 0.497 e. The highest BCUT2D eigenvalue weighted by atomic mass is 35.5. The third-order valence-electron chi connectivity index (χ3n) is 3.96. The summed E-state index contributed by atoms with van der Waals surface area (Å²) in [4.78, 5) is 8.76. The number of rotatable bonds is 3. The lowest BCUT2D eigenvalue weighted by molar-refractivity contribution is 0.414. The lowest BCUT2D eigenvalue weighted by Crippen LogP contribution is -2.20. The first-order valence-corrected chi connectivity index (χ1v) is 7.51. The molecule has 5 heteroatoms. The number of halogens is 1. The van der Waals surface area contributed by atoms with E-state index in [1.165, 1.54) is 5.56 Å². The van der Waals surface area contributed by atoms with Crippen LogP contribution in [0, 0.1) is 0 Å². The molecule has 1 aliphatic rings. The van der Waals surface area contributed by atoms with Crippen molar-refractivity contribution in [2.45, 2.75) is 31.7 Å². The van der Waals surface area contributed by atoms with Gasteiger partial charge >= 0.3 is 0 Å². The molecule has 110 valence electrons. The Kier molecular flexibility index (Phi) is 4.08. The Labute approximate surface area is 129 Å². The van der Waals surface area contributed by atoms with Crippen molar-refractivity contribution in [3.8, 4) is 5.75 Å². The highest BCUT2D eigenvalue weighted by Gasteiger charge is 2.22. The SMILES string of the molecule is COc1ccc(C(N)c2nc(Cl)nc3c2CCCC3)cc1. The summed E-state index contributed by atoms with van der Waals surface area (Å²) in [6, 6.07) is 7.46. The first-order valence-electron chi connectivity index (χ1n) is 7.13. The molecule has 0 saturated carbocycles. The number of fused-ring (bicyclic) bond motifs is 1. The van der Waals surface area contributed by atoms with Crippen LogP contribution in [0.25, 0.3) is 0 Å². The molecule has 0 bridgehead atoms. The summed E-state index contributed by atoms with van der Waals surface area (Å²) in [6.45, 7) is 0. The van der Waals surface area contributed by atoms with Crippen molar-refractivity contribution >= 4 is 11.6 Å². The molecule has 1 aromatic heterocycles. The van der Waals surface area contributed by atoms with Crippen LogP contribution >= 0.6 is 11.6 Å². The predicted molar refractivity (Wildman–Crippen MR) is 82.7 cm³/mol. The first-order chi connectivity index (χ1) is 10.2. The normalized spacial score (nSPS) is 15.4. The molecule has 2 aromatic rings. The zero-order chi connectivity index (χ0) is 14.8. The molecular formula is C16H18ClN3O. The molecule has 0 aliphatic heterocycles. The second-order valence-electron chi connectivity index (χ2n) is 5.26. The van der Waals surface area contributed by atoms with E-state index < -0.39 is 0 Å². The predicted octanol–water partition coefficient (Wildman–Crippen LogP) is 3.07. The van der Waals surface area contributed by atoms with Gasteiger partial charge in [0, 0.05) is 5.69 Å². The second kappa shape index (κ2) is 6.00. The van der Waals surface area contributed by atoms with Crippen molar-refractivity contribution < 1.29 is 4.74 Å². The number of benzene rings is 1. The molecule has 1 unspecified atom stereocenters. The molecule has 1 aromatic carbocycles. The van der Waals surface area contributed by atoms with Crippen LogP contribution < -0.4 is 10.5 Å². The van der Waals surface area contributed by atoms with E-state index in [0.29, 0.717) is 0 Å². The van der Waals surface area contributed by atoms with Crippen LogP contribution in [0.15, 0.2) is 24.3 Å². The number of ether oxygens (including phenoxy) is 1. The van der Waals surface area contributed by atoms with Gasteiger partial charge in [0.2, 0.25) is 5.28 Å². The average Bonchev–Trinajstić information content (AvgIpc) is 2.53. The van der Waals surface area contributed by atoms with Crippen LogP contribution in [-0.4, -0.2) is 17.1 Å². The Balaban J connectivity index is 2.00. The fourth-order valence-corrected chi connectivity index (χ4v) is 3.01. The summed E-state index contributed by atoms with van der Waals surface area (Å²) in [5.74, 6) is 0.814. The van der Waals surface area contributed by atoms with Gasteiger partial charge < -0.3 is 10.5 Å². The summed E-state index contributed by atoms with van der Waals surface area (Å²) in [7, 11) is 1.65.